The van der Waals surface area contributed by atoms with Gasteiger partial charge >= 0.3 is 0 Å². The van der Waals surface area contributed by atoms with Crippen LogP contribution in [0.1, 0.15) is 76.4 Å². The maximum Gasteiger partial charge on any atom is 0.217 e. The molecule has 0 amide bonds. The predicted octanol–water partition coefficient (Wildman–Crippen LogP) is 5.97. The van der Waals surface area contributed by atoms with Crippen LogP contribution in [0.25, 0.3) is 0 Å². The molecule has 1 saturated heterocycles. The third-order valence-corrected chi connectivity index (χ3v) is 11.3. The summed E-state index contributed by atoms with van der Waals surface area (Å²) in [5, 5.41) is 16.2. The lowest BCUT2D eigenvalue weighted by molar-refractivity contribution is -0.0467. The molecule has 3 rings (SSSR count). The number of nitrogens with zero attached hydrogens (tertiary/aromatic N) is 4. The smallest absolute Gasteiger partial charge is 0.217 e. The zero-order chi connectivity index (χ0) is 22.8. The molecule has 0 spiro atoms. The van der Waals surface area contributed by atoms with E-state index in [1.807, 2.05) is 0 Å². The van der Waals surface area contributed by atoms with Gasteiger partial charge in [0.25, 0.3) is 0 Å². The lowest BCUT2D eigenvalue weighted by Gasteiger charge is -2.39. The fourth-order valence-electron chi connectivity index (χ4n) is 3.35. The highest BCUT2D eigenvalue weighted by atomic mass is 79.9. The Morgan fingerprint density at radius 2 is 2.13 bits per heavy atom. The van der Waals surface area contributed by atoms with Gasteiger partial charge in [0.1, 0.15) is 6.10 Å². The number of aromatic nitrogens is 4. The second-order valence-corrected chi connectivity index (χ2v) is 15.4. The van der Waals surface area contributed by atoms with Crippen molar-refractivity contribution in [3.63, 3.8) is 0 Å². The topological polar surface area (TPSA) is 82.3 Å². The molecular formula is C21H32BrClN4O3Si. The quantitative estimate of drug-likeness (QED) is 0.443. The Kier molecular flexibility index (Phi) is 7.97. The van der Waals surface area contributed by atoms with Gasteiger partial charge in [-0.1, -0.05) is 32.4 Å². The van der Waals surface area contributed by atoms with Crippen LogP contribution >= 0.6 is 27.5 Å². The Morgan fingerprint density at radius 3 is 2.74 bits per heavy atom. The third-order valence-electron chi connectivity index (χ3n) is 6.13. The highest BCUT2D eigenvalue weighted by molar-refractivity contribution is 9.10. The van der Waals surface area contributed by atoms with Gasteiger partial charge in [-0.05, 0) is 65.5 Å². The molecule has 172 valence electrons. The molecule has 0 aliphatic carbocycles. The molecule has 1 fully saturated rings. The zero-order valence-electron chi connectivity index (χ0n) is 18.8. The van der Waals surface area contributed by atoms with Gasteiger partial charge in [0.05, 0.1) is 16.8 Å². The first kappa shape index (κ1) is 24.8. The van der Waals surface area contributed by atoms with Crippen molar-refractivity contribution in [2.75, 3.05) is 6.61 Å². The SMILES string of the molecule is CC(C)(C)[Si](C)(C)OC(CC(O)c1nc(Br)nn1C1CCCCO1)c1ncccc1Cl. The van der Waals surface area contributed by atoms with E-state index in [1.165, 1.54) is 0 Å². The molecular weight excluding hydrogens is 500 g/mol. The van der Waals surface area contributed by atoms with Crippen molar-refractivity contribution in [2.24, 2.45) is 0 Å². The van der Waals surface area contributed by atoms with E-state index in [9.17, 15) is 5.11 Å². The first-order chi connectivity index (χ1) is 14.5. The largest absolute Gasteiger partial charge is 0.408 e. The number of halogens is 2. The molecule has 2 aromatic heterocycles. The summed E-state index contributed by atoms with van der Waals surface area (Å²) in [6.07, 6.45) is 3.27. The maximum atomic E-state index is 11.2. The van der Waals surface area contributed by atoms with Gasteiger partial charge in [-0.25, -0.2) is 9.67 Å². The van der Waals surface area contributed by atoms with Gasteiger partial charge in [0.15, 0.2) is 20.4 Å². The molecule has 3 heterocycles. The highest BCUT2D eigenvalue weighted by Crippen LogP contribution is 2.42. The molecule has 0 saturated carbocycles. The molecule has 1 N–H and O–H groups in total. The van der Waals surface area contributed by atoms with E-state index in [1.54, 1.807) is 23.0 Å². The summed E-state index contributed by atoms with van der Waals surface area (Å²) in [6.45, 7) is 11.6. The lowest BCUT2D eigenvalue weighted by Crippen LogP contribution is -2.42. The standard InChI is InChI=1S/C21H32BrClN4O3Si/c1-21(2,3)31(4,5)30-16(18-14(23)9-8-11-24-18)13-15(28)19-25-20(22)26-27(19)17-10-6-7-12-29-17/h8-9,11,15-17,28H,6-7,10,12-13H2,1-5H3. The number of hydrogen-bond donors (Lipinski definition) is 1. The second kappa shape index (κ2) is 9.97. The van der Waals surface area contributed by atoms with Crippen LogP contribution in [0, 0.1) is 0 Å². The number of rotatable bonds is 7. The Morgan fingerprint density at radius 1 is 1.39 bits per heavy atom. The molecule has 10 heteroatoms. The van der Waals surface area contributed by atoms with E-state index in [4.69, 9.17) is 20.8 Å². The van der Waals surface area contributed by atoms with Crippen LogP contribution in [0.15, 0.2) is 23.1 Å². The normalized spacial score (nSPS) is 19.9. The van der Waals surface area contributed by atoms with Crippen molar-refractivity contribution in [2.45, 2.75) is 83.0 Å². The van der Waals surface area contributed by atoms with Crippen molar-refractivity contribution in [1.82, 2.24) is 19.7 Å². The average molecular weight is 532 g/mol. The van der Waals surface area contributed by atoms with Crippen LogP contribution < -0.4 is 0 Å². The molecule has 1 aliphatic heterocycles. The van der Waals surface area contributed by atoms with E-state index in [2.05, 4.69) is 64.9 Å². The lowest BCUT2D eigenvalue weighted by atomic mass is 10.1. The van der Waals surface area contributed by atoms with Crippen LogP contribution in [0.4, 0.5) is 0 Å². The van der Waals surface area contributed by atoms with Crippen LogP contribution in [-0.2, 0) is 9.16 Å². The minimum atomic E-state index is -2.17. The van der Waals surface area contributed by atoms with Gasteiger partial charge in [-0.2, -0.15) is 0 Å². The number of aliphatic hydroxyl groups excluding tert-OH is 1. The molecule has 0 radical (unpaired) electrons. The predicted molar refractivity (Wildman–Crippen MR) is 126 cm³/mol. The highest BCUT2D eigenvalue weighted by Gasteiger charge is 2.41. The first-order valence-electron chi connectivity index (χ1n) is 10.7. The van der Waals surface area contributed by atoms with Gasteiger partial charge in [0.2, 0.25) is 4.73 Å². The van der Waals surface area contributed by atoms with Crippen molar-refractivity contribution >= 4 is 35.8 Å². The van der Waals surface area contributed by atoms with Crippen molar-refractivity contribution in [3.8, 4) is 0 Å². The Hall–Kier alpha value is -0.843. The summed E-state index contributed by atoms with van der Waals surface area (Å²) in [5.41, 5.74) is 0.632. The molecule has 0 bridgehead atoms. The van der Waals surface area contributed by atoms with Gasteiger partial charge < -0.3 is 14.3 Å². The van der Waals surface area contributed by atoms with E-state index in [0.29, 0.717) is 27.9 Å². The molecule has 3 unspecified atom stereocenters. The maximum absolute atomic E-state index is 11.2. The van der Waals surface area contributed by atoms with E-state index in [0.717, 1.165) is 19.3 Å². The fourth-order valence-corrected chi connectivity index (χ4v) is 5.22. The molecule has 0 aromatic carbocycles. The summed E-state index contributed by atoms with van der Waals surface area (Å²) in [4.78, 5) is 8.93. The Labute approximate surface area is 198 Å². The van der Waals surface area contributed by atoms with Crippen LogP contribution in [-0.4, -0.2) is 39.8 Å². The second-order valence-electron chi connectivity index (χ2n) is 9.49. The minimum absolute atomic E-state index is 0.00352. The first-order valence-corrected chi connectivity index (χ1v) is 14.8. The van der Waals surface area contributed by atoms with Gasteiger partial charge in [-0.3, -0.25) is 4.98 Å². The number of aliphatic hydroxyl groups is 1. The van der Waals surface area contributed by atoms with Gasteiger partial charge in [0, 0.05) is 19.2 Å². The zero-order valence-corrected chi connectivity index (χ0v) is 22.2. The average Bonchev–Trinajstić information content (AvgIpc) is 3.09. The monoisotopic (exact) mass is 530 g/mol. The molecule has 2 aromatic rings. The van der Waals surface area contributed by atoms with Crippen molar-refractivity contribution in [1.29, 1.82) is 0 Å². The van der Waals surface area contributed by atoms with Crippen LogP contribution in [0.5, 0.6) is 0 Å². The summed E-state index contributed by atoms with van der Waals surface area (Å²) in [7, 11) is -2.17. The minimum Gasteiger partial charge on any atom is -0.408 e. The molecule has 7 nitrogen and oxygen atoms in total. The van der Waals surface area contributed by atoms with E-state index >= 15 is 0 Å². The van der Waals surface area contributed by atoms with E-state index < -0.39 is 20.5 Å². The molecule has 31 heavy (non-hydrogen) atoms. The number of ether oxygens (including phenoxy) is 1. The van der Waals surface area contributed by atoms with E-state index in [-0.39, 0.29) is 17.7 Å². The van der Waals surface area contributed by atoms with Crippen LogP contribution in [0.3, 0.4) is 0 Å². The number of hydrogen-bond acceptors (Lipinski definition) is 6. The van der Waals surface area contributed by atoms with Crippen LogP contribution in [0.2, 0.25) is 23.2 Å². The third kappa shape index (κ3) is 5.94. The molecule has 1 aliphatic rings. The summed E-state index contributed by atoms with van der Waals surface area (Å²) < 4.78 is 14.7. The fraction of sp³-hybridized carbons (Fsp3) is 0.667. The van der Waals surface area contributed by atoms with Crippen molar-refractivity contribution in [3.05, 3.63) is 39.6 Å². The number of pyridine rings is 1. The Bertz CT molecular complexity index is 884. The summed E-state index contributed by atoms with van der Waals surface area (Å²) in [5.74, 6) is 0.453. The molecule has 3 atom stereocenters. The summed E-state index contributed by atoms with van der Waals surface area (Å²) in [6, 6.07) is 3.59. The summed E-state index contributed by atoms with van der Waals surface area (Å²) >= 11 is 9.83. The van der Waals surface area contributed by atoms with Gasteiger partial charge in [-0.15, -0.1) is 5.10 Å². The Balaban J connectivity index is 1.90. The van der Waals surface area contributed by atoms with Crippen molar-refractivity contribution < 1.29 is 14.3 Å².